The fourth-order valence-electron chi connectivity index (χ4n) is 2.38. The van der Waals surface area contributed by atoms with Gasteiger partial charge in [-0.25, -0.2) is 15.0 Å². The fourth-order valence-corrected chi connectivity index (χ4v) is 2.38. The van der Waals surface area contributed by atoms with E-state index in [2.05, 4.69) is 24.8 Å². The lowest BCUT2D eigenvalue weighted by molar-refractivity contribution is 0.655. The molecule has 0 aromatic carbocycles. The van der Waals surface area contributed by atoms with E-state index >= 15 is 0 Å². The Bertz CT molecular complexity index is 528. The van der Waals surface area contributed by atoms with Gasteiger partial charge in [-0.05, 0) is 25.8 Å². The van der Waals surface area contributed by atoms with Gasteiger partial charge in [-0.15, -0.1) is 0 Å². The van der Waals surface area contributed by atoms with Crippen LogP contribution < -0.4 is 4.90 Å². The summed E-state index contributed by atoms with van der Waals surface area (Å²) >= 11 is 0. The zero-order chi connectivity index (χ0) is 12.4. The van der Waals surface area contributed by atoms with Gasteiger partial charge in [-0.2, -0.15) is 0 Å². The minimum Gasteiger partial charge on any atom is -0.345 e. The summed E-state index contributed by atoms with van der Waals surface area (Å²) in [4.78, 5) is 19.7. The minimum absolute atomic E-state index is 0.224. The summed E-state index contributed by atoms with van der Waals surface area (Å²) < 4.78 is 0. The smallest absolute Gasteiger partial charge is 0.150 e. The predicted octanol–water partition coefficient (Wildman–Crippen LogP) is 1.92. The van der Waals surface area contributed by atoms with Crippen LogP contribution in [0.25, 0.3) is 0 Å². The third-order valence-electron chi connectivity index (χ3n) is 3.21. The van der Waals surface area contributed by atoms with Crippen LogP contribution in [-0.4, -0.2) is 26.5 Å². The summed E-state index contributed by atoms with van der Waals surface area (Å²) in [5.74, 6) is 1.79. The Labute approximate surface area is 106 Å². The Hall–Kier alpha value is -2.04. The summed E-state index contributed by atoms with van der Waals surface area (Å²) in [5, 5.41) is 0. The van der Waals surface area contributed by atoms with Crippen molar-refractivity contribution in [1.82, 2.24) is 19.9 Å². The molecule has 0 radical (unpaired) electrons. The normalized spacial score (nSPS) is 19.2. The highest BCUT2D eigenvalue weighted by atomic mass is 15.3. The predicted molar refractivity (Wildman–Crippen MR) is 68.1 cm³/mol. The average Bonchev–Trinajstić information content (AvgIpc) is 2.89. The van der Waals surface area contributed by atoms with E-state index < -0.39 is 0 Å². The molecule has 3 rings (SSSR count). The lowest BCUT2D eigenvalue weighted by Gasteiger charge is -2.24. The Morgan fingerprint density at radius 3 is 2.94 bits per heavy atom. The standard InChI is InChI=1S/C13H15N5/c1-10-4-5-16-13(17-10)11-3-2-8-18(11)12-9-14-6-7-15-12/h4-7,9,11H,2-3,8H2,1H3. The first-order chi connectivity index (χ1) is 8.84. The summed E-state index contributed by atoms with van der Waals surface area (Å²) in [6, 6.07) is 2.15. The zero-order valence-corrected chi connectivity index (χ0v) is 10.3. The lowest BCUT2D eigenvalue weighted by atomic mass is 10.2. The number of aromatic nitrogens is 4. The summed E-state index contributed by atoms with van der Waals surface area (Å²) in [6.07, 6.45) is 9.25. The van der Waals surface area contributed by atoms with Crippen LogP contribution >= 0.6 is 0 Å². The Kier molecular flexibility index (Phi) is 2.88. The molecule has 1 aliphatic rings. The number of hydrogen-bond donors (Lipinski definition) is 0. The molecule has 2 aromatic rings. The van der Waals surface area contributed by atoms with Gasteiger partial charge in [0.25, 0.3) is 0 Å². The van der Waals surface area contributed by atoms with Crippen LogP contribution in [-0.2, 0) is 0 Å². The van der Waals surface area contributed by atoms with Crippen molar-refractivity contribution in [1.29, 1.82) is 0 Å². The molecule has 0 spiro atoms. The molecule has 0 saturated carbocycles. The quantitative estimate of drug-likeness (QED) is 0.804. The first-order valence-electron chi connectivity index (χ1n) is 6.17. The van der Waals surface area contributed by atoms with Gasteiger partial charge in [0.1, 0.15) is 5.82 Å². The van der Waals surface area contributed by atoms with Gasteiger partial charge >= 0.3 is 0 Å². The maximum absolute atomic E-state index is 4.53. The van der Waals surface area contributed by atoms with Crippen LogP contribution in [0.15, 0.2) is 30.9 Å². The van der Waals surface area contributed by atoms with Crippen molar-refractivity contribution in [3.05, 3.63) is 42.4 Å². The molecule has 1 unspecified atom stereocenters. The summed E-state index contributed by atoms with van der Waals surface area (Å²) in [6.45, 7) is 2.98. The monoisotopic (exact) mass is 241 g/mol. The number of anilines is 1. The Balaban J connectivity index is 1.92. The number of nitrogens with zero attached hydrogens (tertiary/aromatic N) is 5. The largest absolute Gasteiger partial charge is 0.345 e. The van der Waals surface area contributed by atoms with Crippen molar-refractivity contribution in [2.75, 3.05) is 11.4 Å². The molecule has 0 bridgehead atoms. The van der Waals surface area contributed by atoms with Gasteiger partial charge in [-0.1, -0.05) is 0 Å². The molecule has 1 fully saturated rings. The van der Waals surface area contributed by atoms with Crippen LogP contribution in [0.1, 0.15) is 30.4 Å². The molecular formula is C13H15N5. The molecular weight excluding hydrogens is 226 g/mol. The highest BCUT2D eigenvalue weighted by molar-refractivity contribution is 5.39. The molecule has 0 amide bonds. The van der Waals surface area contributed by atoms with Crippen molar-refractivity contribution in [2.24, 2.45) is 0 Å². The van der Waals surface area contributed by atoms with Gasteiger partial charge in [0.2, 0.25) is 0 Å². The minimum atomic E-state index is 0.224. The molecule has 1 atom stereocenters. The molecule has 3 heterocycles. The second-order valence-electron chi connectivity index (χ2n) is 4.47. The van der Waals surface area contributed by atoms with Crippen LogP contribution in [0.4, 0.5) is 5.82 Å². The molecule has 0 aliphatic carbocycles. The van der Waals surface area contributed by atoms with Crippen LogP contribution in [0.3, 0.4) is 0 Å². The van der Waals surface area contributed by atoms with E-state index in [0.717, 1.165) is 36.7 Å². The van der Waals surface area contributed by atoms with Crippen molar-refractivity contribution in [3.63, 3.8) is 0 Å². The van der Waals surface area contributed by atoms with Crippen LogP contribution in [0, 0.1) is 6.92 Å². The second-order valence-corrected chi connectivity index (χ2v) is 4.47. The van der Waals surface area contributed by atoms with E-state index in [9.17, 15) is 0 Å². The SMILES string of the molecule is Cc1ccnc(C2CCCN2c2cnccn2)n1. The number of aryl methyl sites for hydroxylation is 1. The molecule has 1 saturated heterocycles. The molecule has 5 heteroatoms. The maximum Gasteiger partial charge on any atom is 0.150 e. The molecule has 18 heavy (non-hydrogen) atoms. The van der Waals surface area contributed by atoms with Gasteiger partial charge in [-0.3, -0.25) is 4.98 Å². The van der Waals surface area contributed by atoms with E-state index in [4.69, 9.17) is 0 Å². The lowest BCUT2D eigenvalue weighted by Crippen LogP contribution is -2.25. The topological polar surface area (TPSA) is 54.8 Å². The second kappa shape index (κ2) is 4.68. The van der Waals surface area contributed by atoms with Crippen molar-refractivity contribution < 1.29 is 0 Å². The third kappa shape index (κ3) is 2.03. The van der Waals surface area contributed by atoms with E-state index in [1.54, 1.807) is 18.6 Å². The third-order valence-corrected chi connectivity index (χ3v) is 3.21. The molecule has 92 valence electrons. The highest BCUT2D eigenvalue weighted by Crippen LogP contribution is 2.32. The molecule has 1 aliphatic heterocycles. The van der Waals surface area contributed by atoms with E-state index in [1.165, 1.54) is 0 Å². The first kappa shape index (κ1) is 11.1. The van der Waals surface area contributed by atoms with Gasteiger partial charge in [0.05, 0.1) is 12.2 Å². The van der Waals surface area contributed by atoms with Gasteiger partial charge in [0.15, 0.2) is 5.82 Å². The van der Waals surface area contributed by atoms with Crippen molar-refractivity contribution >= 4 is 5.82 Å². The van der Waals surface area contributed by atoms with Crippen molar-refractivity contribution in [3.8, 4) is 0 Å². The highest BCUT2D eigenvalue weighted by Gasteiger charge is 2.29. The van der Waals surface area contributed by atoms with E-state index in [-0.39, 0.29) is 6.04 Å². The number of rotatable bonds is 2. The molecule has 2 aromatic heterocycles. The average molecular weight is 241 g/mol. The van der Waals surface area contributed by atoms with Gasteiger partial charge in [0, 0.05) is 30.8 Å². The summed E-state index contributed by atoms with van der Waals surface area (Å²) in [7, 11) is 0. The Morgan fingerprint density at radius 2 is 2.17 bits per heavy atom. The molecule has 5 nitrogen and oxygen atoms in total. The van der Waals surface area contributed by atoms with Crippen molar-refractivity contribution in [2.45, 2.75) is 25.8 Å². The van der Waals surface area contributed by atoms with E-state index in [1.807, 2.05) is 19.2 Å². The summed E-state index contributed by atoms with van der Waals surface area (Å²) in [5.41, 5.74) is 1.01. The fraction of sp³-hybridized carbons (Fsp3) is 0.385. The molecule has 0 N–H and O–H groups in total. The first-order valence-corrected chi connectivity index (χ1v) is 6.17. The number of hydrogen-bond acceptors (Lipinski definition) is 5. The maximum atomic E-state index is 4.53. The van der Waals surface area contributed by atoms with Crippen LogP contribution in [0.2, 0.25) is 0 Å². The van der Waals surface area contributed by atoms with E-state index in [0.29, 0.717) is 0 Å². The zero-order valence-electron chi connectivity index (χ0n) is 10.3. The van der Waals surface area contributed by atoms with Crippen LogP contribution in [0.5, 0.6) is 0 Å². The van der Waals surface area contributed by atoms with Gasteiger partial charge < -0.3 is 4.90 Å². The Morgan fingerprint density at radius 1 is 1.22 bits per heavy atom.